The third-order valence-corrected chi connectivity index (χ3v) is 6.13. The average Bonchev–Trinajstić information content (AvgIpc) is 2.43. The number of nitrogens with zero attached hydrogens (tertiary/aromatic N) is 1. The van der Waals surface area contributed by atoms with Crippen LogP contribution in [0.5, 0.6) is 0 Å². The minimum Gasteiger partial charge on any atom is -0.296 e. The summed E-state index contributed by atoms with van der Waals surface area (Å²) < 4.78 is 27.9. The largest absolute Gasteiger partial charge is 0.296 e. The number of nitrogens with one attached hydrogen (secondary N) is 1. The molecule has 0 radical (unpaired) electrons. The summed E-state index contributed by atoms with van der Waals surface area (Å²) in [5, 5.41) is 0. The fourth-order valence-corrected chi connectivity index (χ4v) is 4.72. The number of benzene rings is 1. The van der Waals surface area contributed by atoms with E-state index in [0.29, 0.717) is 17.0 Å². The van der Waals surface area contributed by atoms with E-state index in [4.69, 9.17) is 0 Å². The monoisotopic (exact) mass is 324 g/mol. The molecule has 1 N–H and O–H groups in total. The Labute approximate surface area is 135 Å². The summed E-state index contributed by atoms with van der Waals surface area (Å²) >= 11 is 0. The second-order valence-corrected chi connectivity index (χ2v) is 8.79. The van der Waals surface area contributed by atoms with Gasteiger partial charge in [-0.3, -0.25) is 4.90 Å². The van der Waals surface area contributed by atoms with Crippen LogP contribution in [0.25, 0.3) is 0 Å². The van der Waals surface area contributed by atoms with Gasteiger partial charge in [-0.25, -0.2) is 13.1 Å². The molecule has 0 bridgehead atoms. The zero-order valence-corrected chi connectivity index (χ0v) is 14.9. The minimum atomic E-state index is -3.48. The van der Waals surface area contributed by atoms with Gasteiger partial charge < -0.3 is 0 Å². The van der Waals surface area contributed by atoms with E-state index < -0.39 is 15.6 Å². The summed E-state index contributed by atoms with van der Waals surface area (Å²) in [6, 6.07) is 9.58. The average molecular weight is 324 g/mol. The Morgan fingerprint density at radius 1 is 1.14 bits per heavy atom. The highest BCUT2D eigenvalue weighted by Crippen LogP contribution is 2.25. The van der Waals surface area contributed by atoms with E-state index in [-0.39, 0.29) is 0 Å². The van der Waals surface area contributed by atoms with Gasteiger partial charge in [0.05, 0.1) is 4.90 Å². The maximum Gasteiger partial charge on any atom is 0.241 e. The highest BCUT2D eigenvalue weighted by atomic mass is 32.2. The molecule has 0 amide bonds. The molecule has 0 unspecified atom stereocenters. The standard InChI is InChI=1S/C17H28N2O2S/c1-14-9-8-10-15(2)19(14)13-17(3,4)18-22(20,21)16-11-6-5-7-12-16/h5-7,11-12,14-15,18H,8-10,13H2,1-4H3/t14-,15+. The number of rotatable bonds is 5. The van der Waals surface area contributed by atoms with E-state index in [0.717, 1.165) is 6.54 Å². The lowest BCUT2D eigenvalue weighted by Crippen LogP contribution is -2.56. The third kappa shape index (κ3) is 4.31. The van der Waals surface area contributed by atoms with Crippen LogP contribution in [0.1, 0.15) is 47.0 Å². The van der Waals surface area contributed by atoms with Crippen LogP contribution in [0.3, 0.4) is 0 Å². The summed E-state index contributed by atoms with van der Waals surface area (Å²) in [6.07, 6.45) is 3.63. The quantitative estimate of drug-likeness (QED) is 0.906. The Morgan fingerprint density at radius 3 is 2.23 bits per heavy atom. The van der Waals surface area contributed by atoms with E-state index in [1.165, 1.54) is 19.3 Å². The Morgan fingerprint density at radius 2 is 1.68 bits per heavy atom. The van der Waals surface area contributed by atoms with Gasteiger partial charge in [0.25, 0.3) is 0 Å². The molecule has 1 aliphatic rings. The predicted molar refractivity (Wildman–Crippen MR) is 90.3 cm³/mol. The first-order chi connectivity index (χ1) is 10.2. The molecule has 22 heavy (non-hydrogen) atoms. The first-order valence-electron chi connectivity index (χ1n) is 8.06. The van der Waals surface area contributed by atoms with Crippen molar-refractivity contribution in [1.29, 1.82) is 0 Å². The molecule has 5 heteroatoms. The van der Waals surface area contributed by atoms with E-state index in [1.54, 1.807) is 24.3 Å². The third-order valence-electron chi connectivity index (χ3n) is 4.42. The van der Waals surface area contributed by atoms with Gasteiger partial charge in [0.1, 0.15) is 0 Å². The summed E-state index contributed by atoms with van der Waals surface area (Å²) in [5.41, 5.74) is -0.505. The van der Waals surface area contributed by atoms with Crippen LogP contribution in [0.2, 0.25) is 0 Å². The molecule has 124 valence electrons. The molecule has 0 spiro atoms. The highest BCUT2D eigenvalue weighted by Gasteiger charge is 2.33. The van der Waals surface area contributed by atoms with Crippen LogP contribution in [0, 0.1) is 0 Å². The SMILES string of the molecule is C[C@@H]1CCC[C@H](C)N1CC(C)(C)NS(=O)(=O)c1ccccc1. The van der Waals surface area contributed by atoms with Crippen molar-refractivity contribution in [3.8, 4) is 0 Å². The summed E-state index contributed by atoms with van der Waals surface area (Å²) in [6.45, 7) is 9.11. The van der Waals surface area contributed by atoms with Crippen molar-refractivity contribution in [2.24, 2.45) is 0 Å². The second kappa shape index (κ2) is 6.69. The minimum absolute atomic E-state index is 0.322. The molecular formula is C17H28N2O2S. The topological polar surface area (TPSA) is 49.4 Å². The zero-order valence-electron chi connectivity index (χ0n) is 14.0. The highest BCUT2D eigenvalue weighted by molar-refractivity contribution is 7.89. The molecular weight excluding hydrogens is 296 g/mol. The fourth-order valence-electron chi connectivity index (χ4n) is 3.30. The van der Waals surface area contributed by atoms with Gasteiger partial charge in [0.2, 0.25) is 10.0 Å². The van der Waals surface area contributed by atoms with Gasteiger partial charge in [0.15, 0.2) is 0 Å². The Bertz CT molecular complexity index is 574. The molecule has 0 saturated carbocycles. The van der Waals surface area contributed by atoms with Gasteiger partial charge in [-0.15, -0.1) is 0 Å². The maximum absolute atomic E-state index is 12.5. The lowest BCUT2D eigenvalue weighted by Gasteiger charge is -2.43. The fraction of sp³-hybridized carbons (Fsp3) is 0.647. The summed E-state index contributed by atoms with van der Waals surface area (Å²) in [4.78, 5) is 2.75. The van der Waals surface area contributed by atoms with Crippen LogP contribution < -0.4 is 4.72 Å². The number of hydrogen-bond donors (Lipinski definition) is 1. The molecule has 1 aromatic rings. The first-order valence-corrected chi connectivity index (χ1v) is 9.54. The normalized spacial score (nSPS) is 24.4. The molecule has 1 aliphatic heterocycles. The van der Waals surface area contributed by atoms with Crippen molar-refractivity contribution < 1.29 is 8.42 Å². The Kier molecular flexibility index (Phi) is 5.30. The molecule has 2 rings (SSSR count). The maximum atomic E-state index is 12.5. The van der Waals surface area contributed by atoms with Crippen molar-refractivity contribution in [1.82, 2.24) is 9.62 Å². The molecule has 2 atom stereocenters. The van der Waals surface area contributed by atoms with Gasteiger partial charge in [-0.2, -0.15) is 0 Å². The molecule has 1 fully saturated rings. The summed E-state index contributed by atoms with van der Waals surface area (Å²) in [7, 11) is -3.48. The number of hydrogen-bond acceptors (Lipinski definition) is 3. The van der Waals surface area contributed by atoms with Crippen molar-refractivity contribution >= 4 is 10.0 Å². The van der Waals surface area contributed by atoms with Gasteiger partial charge in [-0.05, 0) is 52.7 Å². The van der Waals surface area contributed by atoms with Gasteiger partial charge in [-0.1, -0.05) is 24.6 Å². The van der Waals surface area contributed by atoms with Crippen LogP contribution >= 0.6 is 0 Å². The first kappa shape index (κ1) is 17.4. The van der Waals surface area contributed by atoms with Crippen LogP contribution in [-0.2, 0) is 10.0 Å². The van der Waals surface area contributed by atoms with Crippen molar-refractivity contribution in [3.63, 3.8) is 0 Å². The van der Waals surface area contributed by atoms with Crippen molar-refractivity contribution in [3.05, 3.63) is 30.3 Å². The molecule has 1 aromatic carbocycles. The second-order valence-electron chi connectivity index (χ2n) is 7.10. The Hall–Kier alpha value is -0.910. The van der Waals surface area contributed by atoms with E-state index in [9.17, 15) is 8.42 Å². The van der Waals surface area contributed by atoms with Crippen LogP contribution in [0.15, 0.2) is 35.2 Å². The van der Waals surface area contributed by atoms with Crippen molar-refractivity contribution in [2.75, 3.05) is 6.54 Å². The van der Waals surface area contributed by atoms with Crippen LogP contribution in [0.4, 0.5) is 0 Å². The van der Waals surface area contributed by atoms with E-state index in [2.05, 4.69) is 23.5 Å². The number of piperidine rings is 1. The van der Waals surface area contributed by atoms with Crippen molar-refractivity contribution in [2.45, 2.75) is 69.5 Å². The van der Waals surface area contributed by atoms with E-state index in [1.807, 2.05) is 19.9 Å². The van der Waals surface area contributed by atoms with Crippen LogP contribution in [-0.4, -0.2) is 37.5 Å². The molecule has 0 aliphatic carbocycles. The molecule has 4 nitrogen and oxygen atoms in total. The predicted octanol–water partition coefficient (Wildman–Crippen LogP) is 3.01. The lowest BCUT2D eigenvalue weighted by molar-refractivity contribution is 0.0790. The lowest BCUT2D eigenvalue weighted by atomic mass is 9.94. The van der Waals surface area contributed by atoms with Gasteiger partial charge >= 0.3 is 0 Å². The zero-order chi connectivity index (χ0) is 16.4. The number of likely N-dealkylation sites (tertiary alicyclic amines) is 1. The smallest absolute Gasteiger partial charge is 0.241 e. The van der Waals surface area contributed by atoms with Gasteiger partial charge in [0, 0.05) is 24.2 Å². The molecule has 1 saturated heterocycles. The Balaban J connectivity index is 2.10. The molecule has 1 heterocycles. The van der Waals surface area contributed by atoms with E-state index >= 15 is 0 Å². The number of sulfonamides is 1. The molecule has 0 aromatic heterocycles. The summed E-state index contributed by atoms with van der Waals surface area (Å²) in [5.74, 6) is 0.